The predicted octanol–water partition coefficient (Wildman–Crippen LogP) is 3.20. The van der Waals surface area contributed by atoms with Crippen LogP contribution in [0.3, 0.4) is 0 Å². The summed E-state index contributed by atoms with van der Waals surface area (Å²) < 4.78 is 5.91. The number of anilines is 1. The summed E-state index contributed by atoms with van der Waals surface area (Å²) in [7, 11) is 0. The number of nitro groups is 1. The summed E-state index contributed by atoms with van der Waals surface area (Å²) in [5, 5.41) is 14.6. The molecular weight excluding hydrogens is 266 g/mol. The molecule has 0 aromatic carbocycles. The fourth-order valence-corrected chi connectivity index (χ4v) is 3.19. The lowest BCUT2D eigenvalue weighted by molar-refractivity contribution is -0.380. The fraction of sp³-hybridized carbons (Fsp3) is 0.750. The minimum atomic E-state index is -0.408. The van der Waals surface area contributed by atoms with E-state index in [1.165, 1.54) is 6.20 Å². The van der Waals surface area contributed by atoms with E-state index in [1.807, 2.05) is 0 Å². The first-order valence-electron chi connectivity index (χ1n) is 6.59. The van der Waals surface area contributed by atoms with Gasteiger partial charge >= 0.3 is 5.00 Å². The summed E-state index contributed by atoms with van der Waals surface area (Å²) >= 11 is 1.09. The standard InChI is InChI=1S/C12H19N3O3S/c1-3-12(4-2)7-9(5-6-18-12)14-11-13-8-10(19-11)15(16)17/h8-9H,3-7H2,1-2H3,(H,13,14). The molecule has 2 rings (SSSR count). The van der Waals surface area contributed by atoms with Crippen molar-refractivity contribution in [3.8, 4) is 0 Å². The van der Waals surface area contributed by atoms with Gasteiger partial charge in [0, 0.05) is 12.6 Å². The van der Waals surface area contributed by atoms with Gasteiger partial charge in [0.15, 0.2) is 5.13 Å². The van der Waals surface area contributed by atoms with Crippen LogP contribution in [0.25, 0.3) is 0 Å². The van der Waals surface area contributed by atoms with Crippen LogP contribution in [0.15, 0.2) is 6.20 Å². The molecule has 0 spiro atoms. The van der Waals surface area contributed by atoms with E-state index in [0.29, 0.717) is 5.13 Å². The van der Waals surface area contributed by atoms with Crippen molar-refractivity contribution in [3.05, 3.63) is 16.3 Å². The molecule has 1 aliphatic rings. The number of ether oxygens (including phenoxy) is 1. The summed E-state index contributed by atoms with van der Waals surface area (Å²) in [6.07, 6.45) is 5.11. The van der Waals surface area contributed by atoms with E-state index in [-0.39, 0.29) is 16.6 Å². The Balaban J connectivity index is 2.00. The second kappa shape index (κ2) is 5.83. The molecule has 0 amide bonds. The Kier molecular flexibility index (Phi) is 4.36. The van der Waals surface area contributed by atoms with E-state index in [1.54, 1.807) is 0 Å². The first kappa shape index (κ1) is 14.2. The summed E-state index contributed by atoms with van der Waals surface area (Å²) in [6.45, 7) is 5.01. The normalized spacial score (nSPS) is 22.1. The van der Waals surface area contributed by atoms with Crippen LogP contribution in [0.5, 0.6) is 0 Å². The Labute approximate surface area is 116 Å². The summed E-state index contributed by atoms with van der Waals surface area (Å²) in [4.78, 5) is 14.3. The van der Waals surface area contributed by atoms with Gasteiger partial charge in [-0.3, -0.25) is 10.1 Å². The van der Waals surface area contributed by atoms with Gasteiger partial charge in [0.2, 0.25) is 0 Å². The largest absolute Gasteiger partial charge is 0.375 e. The van der Waals surface area contributed by atoms with Gasteiger partial charge in [0.05, 0.1) is 10.5 Å². The van der Waals surface area contributed by atoms with Gasteiger partial charge in [-0.15, -0.1) is 0 Å². The number of hydrogen-bond acceptors (Lipinski definition) is 6. The molecule has 6 nitrogen and oxygen atoms in total. The number of rotatable bonds is 5. The Bertz CT molecular complexity index is 445. The molecule has 0 saturated carbocycles. The maximum absolute atomic E-state index is 10.6. The minimum absolute atomic E-state index is 0.0564. The van der Waals surface area contributed by atoms with E-state index < -0.39 is 4.92 Å². The van der Waals surface area contributed by atoms with Crippen molar-refractivity contribution in [2.45, 2.75) is 51.2 Å². The number of nitrogens with zero attached hydrogens (tertiary/aromatic N) is 2. The van der Waals surface area contributed by atoms with Gasteiger partial charge in [0.1, 0.15) is 6.20 Å². The second-order valence-corrected chi connectivity index (χ2v) is 5.84. The zero-order valence-corrected chi connectivity index (χ0v) is 12.0. The lowest BCUT2D eigenvalue weighted by Crippen LogP contribution is -2.43. The fourth-order valence-electron chi connectivity index (χ4n) is 2.49. The molecule has 1 N–H and O–H groups in total. The molecule has 1 aliphatic heterocycles. The molecular formula is C12H19N3O3S. The van der Waals surface area contributed by atoms with Crippen molar-refractivity contribution in [2.75, 3.05) is 11.9 Å². The smallest absolute Gasteiger partial charge is 0.345 e. The summed E-state index contributed by atoms with van der Waals surface area (Å²) in [6, 6.07) is 0.277. The van der Waals surface area contributed by atoms with Gasteiger partial charge < -0.3 is 10.1 Å². The topological polar surface area (TPSA) is 77.3 Å². The van der Waals surface area contributed by atoms with Gasteiger partial charge in [-0.1, -0.05) is 13.8 Å². The zero-order valence-electron chi connectivity index (χ0n) is 11.2. The van der Waals surface area contributed by atoms with Crippen molar-refractivity contribution in [2.24, 2.45) is 0 Å². The van der Waals surface area contributed by atoms with Crippen molar-refractivity contribution < 1.29 is 9.66 Å². The maximum atomic E-state index is 10.6. The average Bonchev–Trinajstić information content (AvgIpc) is 2.87. The summed E-state index contributed by atoms with van der Waals surface area (Å²) in [5.41, 5.74) is -0.0564. The van der Waals surface area contributed by atoms with E-state index in [0.717, 1.165) is 43.6 Å². The van der Waals surface area contributed by atoms with Crippen LogP contribution < -0.4 is 5.32 Å². The third kappa shape index (κ3) is 3.22. The number of thiazole rings is 1. The Morgan fingerprint density at radius 1 is 1.63 bits per heavy atom. The number of nitrogens with one attached hydrogen (secondary N) is 1. The Morgan fingerprint density at radius 2 is 2.37 bits per heavy atom. The quantitative estimate of drug-likeness (QED) is 0.664. The van der Waals surface area contributed by atoms with Crippen LogP contribution in [0.1, 0.15) is 39.5 Å². The molecule has 1 unspecified atom stereocenters. The summed E-state index contributed by atoms with van der Waals surface area (Å²) in [5.74, 6) is 0. The molecule has 19 heavy (non-hydrogen) atoms. The minimum Gasteiger partial charge on any atom is -0.375 e. The van der Waals surface area contributed by atoms with Gasteiger partial charge in [-0.25, -0.2) is 4.98 Å². The van der Waals surface area contributed by atoms with Crippen molar-refractivity contribution in [3.63, 3.8) is 0 Å². The lowest BCUT2D eigenvalue weighted by atomic mass is 9.86. The molecule has 1 fully saturated rings. The average molecular weight is 285 g/mol. The highest BCUT2D eigenvalue weighted by Gasteiger charge is 2.34. The molecule has 1 aromatic heterocycles. The first-order valence-corrected chi connectivity index (χ1v) is 7.41. The number of aromatic nitrogens is 1. The monoisotopic (exact) mass is 285 g/mol. The van der Waals surface area contributed by atoms with Crippen molar-refractivity contribution in [1.29, 1.82) is 0 Å². The molecule has 106 valence electrons. The highest BCUT2D eigenvalue weighted by Crippen LogP contribution is 2.34. The van der Waals surface area contributed by atoms with Crippen LogP contribution >= 0.6 is 11.3 Å². The van der Waals surface area contributed by atoms with Crippen LogP contribution in [-0.4, -0.2) is 28.2 Å². The molecule has 1 saturated heterocycles. The highest BCUT2D eigenvalue weighted by atomic mass is 32.1. The Morgan fingerprint density at radius 3 is 2.95 bits per heavy atom. The predicted molar refractivity (Wildman–Crippen MR) is 74.7 cm³/mol. The molecule has 0 aliphatic carbocycles. The van der Waals surface area contributed by atoms with Crippen LogP contribution in [0.4, 0.5) is 10.1 Å². The SMILES string of the molecule is CCC1(CC)CC(Nc2ncc([N+](=O)[O-])s2)CCO1. The molecule has 1 aromatic rings. The molecule has 0 radical (unpaired) electrons. The highest BCUT2D eigenvalue weighted by molar-refractivity contribution is 7.18. The third-order valence-corrected chi connectivity index (χ3v) is 4.66. The molecule has 1 atom stereocenters. The van der Waals surface area contributed by atoms with Crippen LogP contribution in [0, 0.1) is 10.1 Å². The maximum Gasteiger partial charge on any atom is 0.345 e. The van der Waals surface area contributed by atoms with Gasteiger partial charge in [0.25, 0.3) is 0 Å². The van der Waals surface area contributed by atoms with E-state index in [9.17, 15) is 10.1 Å². The van der Waals surface area contributed by atoms with Crippen LogP contribution in [-0.2, 0) is 4.74 Å². The van der Waals surface area contributed by atoms with Crippen LogP contribution in [0.2, 0.25) is 0 Å². The second-order valence-electron chi connectivity index (χ2n) is 4.83. The van der Waals surface area contributed by atoms with Gasteiger partial charge in [-0.2, -0.15) is 0 Å². The van der Waals surface area contributed by atoms with Crippen molar-refractivity contribution >= 4 is 21.5 Å². The van der Waals surface area contributed by atoms with Gasteiger partial charge in [-0.05, 0) is 37.0 Å². The zero-order chi connectivity index (χ0) is 13.9. The molecule has 0 bridgehead atoms. The lowest BCUT2D eigenvalue weighted by Gasteiger charge is -2.40. The third-order valence-electron chi connectivity index (χ3n) is 3.78. The molecule has 2 heterocycles. The first-order chi connectivity index (χ1) is 9.08. The van der Waals surface area contributed by atoms with E-state index >= 15 is 0 Å². The van der Waals surface area contributed by atoms with Crippen molar-refractivity contribution in [1.82, 2.24) is 4.98 Å². The molecule has 7 heteroatoms. The van der Waals surface area contributed by atoms with E-state index in [4.69, 9.17) is 4.74 Å². The van der Waals surface area contributed by atoms with E-state index in [2.05, 4.69) is 24.1 Å². The number of hydrogen-bond donors (Lipinski definition) is 1. The Hall–Kier alpha value is -1.21.